The lowest BCUT2D eigenvalue weighted by Gasteiger charge is -2.34. The highest BCUT2D eigenvalue weighted by Gasteiger charge is 2.18. The van der Waals surface area contributed by atoms with Crippen LogP contribution in [0.3, 0.4) is 0 Å². The molecule has 0 aliphatic carbocycles. The van der Waals surface area contributed by atoms with Crippen molar-refractivity contribution in [2.45, 2.75) is 19.9 Å². The van der Waals surface area contributed by atoms with Crippen LogP contribution in [0.25, 0.3) is 10.4 Å². The number of benzene rings is 2. The van der Waals surface area contributed by atoms with E-state index in [2.05, 4.69) is 47.1 Å². The van der Waals surface area contributed by atoms with Gasteiger partial charge in [-0.3, -0.25) is 4.90 Å². The third-order valence-electron chi connectivity index (χ3n) is 5.59. The normalized spacial score (nSPS) is 15.6. The van der Waals surface area contributed by atoms with E-state index in [-0.39, 0.29) is 0 Å². The third kappa shape index (κ3) is 4.95. The van der Waals surface area contributed by atoms with Crippen LogP contribution in [-0.2, 0) is 13.0 Å². The van der Waals surface area contributed by atoms with E-state index < -0.39 is 0 Å². The number of aromatic hydroxyl groups is 1. The van der Waals surface area contributed by atoms with Crippen molar-refractivity contribution in [2.75, 3.05) is 32.7 Å². The molecule has 1 aliphatic rings. The first-order valence-electron chi connectivity index (χ1n) is 10.1. The van der Waals surface area contributed by atoms with Crippen LogP contribution in [0, 0.1) is 3.82 Å². The molecule has 0 bridgehead atoms. The molecule has 0 amide bonds. The van der Waals surface area contributed by atoms with Crippen LogP contribution in [-0.4, -0.2) is 47.6 Å². The quantitative estimate of drug-likeness (QED) is 0.395. The Morgan fingerprint density at radius 3 is 2.41 bits per heavy atom. The van der Waals surface area contributed by atoms with E-state index in [4.69, 9.17) is 12.2 Å². The van der Waals surface area contributed by atoms with Crippen LogP contribution in [0.2, 0.25) is 0 Å². The summed E-state index contributed by atoms with van der Waals surface area (Å²) in [5.41, 5.74) is 4.67. The average Bonchev–Trinajstić information content (AvgIpc) is 3.11. The Hall–Kier alpha value is -1.57. The molecule has 152 valence electrons. The SMILES string of the molecule is CCN1CCN(Cc2cc(-c3ssc(=S)c3Cc3ccccc3)ccc2O)CC1. The second-order valence-corrected chi connectivity index (χ2v) is 10.3. The molecule has 2 aromatic carbocycles. The van der Waals surface area contributed by atoms with Gasteiger partial charge in [-0.1, -0.05) is 70.2 Å². The van der Waals surface area contributed by atoms with Crippen molar-refractivity contribution >= 4 is 32.9 Å². The minimum atomic E-state index is 0.384. The zero-order valence-corrected chi connectivity index (χ0v) is 19.1. The van der Waals surface area contributed by atoms with E-state index in [0.29, 0.717) is 5.75 Å². The molecule has 0 spiro atoms. The minimum Gasteiger partial charge on any atom is -0.508 e. The molecule has 0 unspecified atom stereocenters. The van der Waals surface area contributed by atoms with Crippen molar-refractivity contribution in [1.29, 1.82) is 0 Å². The lowest BCUT2D eigenvalue weighted by molar-refractivity contribution is 0.131. The molecule has 1 aliphatic heterocycles. The highest BCUT2D eigenvalue weighted by molar-refractivity contribution is 7.80. The molecule has 1 fully saturated rings. The second-order valence-electron chi connectivity index (χ2n) is 7.48. The van der Waals surface area contributed by atoms with Gasteiger partial charge >= 0.3 is 0 Å². The summed E-state index contributed by atoms with van der Waals surface area (Å²) in [5, 5.41) is 10.5. The van der Waals surface area contributed by atoms with Crippen LogP contribution in [0.5, 0.6) is 5.75 Å². The number of hydrogen-bond donors (Lipinski definition) is 1. The van der Waals surface area contributed by atoms with Crippen LogP contribution in [0.15, 0.2) is 48.5 Å². The van der Waals surface area contributed by atoms with Crippen LogP contribution < -0.4 is 0 Å². The van der Waals surface area contributed by atoms with Gasteiger partial charge in [-0.2, -0.15) is 0 Å². The number of rotatable bonds is 6. The zero-order valence-electron chi connectivity index (χ0n) is 16.6. The Morgan fingerprint density at radius 2 is 1.69 bits per heavy atom. The van der Waals surface area contributed by atoms with Gasteiger partial charge in [0.2, 0.25) is 0 Å². The van der Waals surface area contributed by atoms with Gasteiger partial charge < -0.3 is 10.0 Å². The van der Waals surface area contributed by atoms with Crippen molar-refractivity contribution in [3.63, 3.8) is 0 Å². The standard InChI is InChI=1S/C23H26N2OS3/c1-2-24-10-12-25(13-11-24)16-19-15-18(8-9-21(19)26)22-20(23(27)29-28-22)14-17-6-4-3-5-7-17/h3-9,15,26H,2,10-14,16H2,1H3. The van der Waals surface area contributed by atoms with Gasteiger partial charge in [-0.15, -0.1) is 0 Å². The summed E-state index contributed by atoms with van der Waals surface area (Å²) in [7, 11) is 3.42. The smallest absolute Gasteiger partial charge is 0.120 e. The Balaban J connectivity index is 1.57. The highest BCUT2D eigenvalue weighted by atomic mass is 32.9. The summed E-state index contributed by atoms with van der Waals surface area (Å²) in [6, 6.07) is 16.5. The van der Waals surface area contributed by atoms with Gasteiger partial charge in [0.15, 0.2) is 0 Å². The van der Waals surface area contributed by atoms with E-state index in [1.807, 2.05) is 18.2 Å². The molecule has 2 heterocycles. The number of nitrogens with zero attached hydrogens (tertiary/aromatic N) is 2. The Bertz CT molecular complexity index is 1000. The van der Waals surface area contributed by atoms with E-state index in [1.54, 1.807) is 20.7 Å². The fraction of sp³-hybridized carbons (Fsp3) is 0.348. The largest absolute Gasteiger partial charge is 0.508 e. The maximum atomic E-state index is 10.5. The first-order valence-corrected chi connectivity index (χ1v) is 12.6. The molecule has 0 atom stereocenters. The van der Waals surface area contributed by atoms with Crippen LogP contribution >= 0.6 is 32.9 Å². The lowest BCUT2D eigenvalue weighted by atomic mass is 10.0. The lowest BCUT2D eigenvalue weighted by Crippen LogP contribution is -2.45. The molecule has 3 nitrogen and oxygen atoms in total. The monoisotopic (exact) mass is 442 g/mol. The van der Waals surface area contributed by atoms with Crippen molar-refractivity contribution in [1.82, 2.24) is 9.80 Å². The third-order valence-corrected chi connectivity index (χ3v) is 8.79. The molecule has 1 N–H and O–H groups in total. The summed E-state index contributed by atoms with van der Waals surface area (Å²) >= 11 is 5.65. The predicted molar refractivity (Wildman–Crippen MR) is 127 cm³/mol. The van der Waals surface area contributed by atoms with Crippen LogP contribution in [0.4, 0.5) is 0 Å². The highest BCUT2D eigenvalue weighted by Crippen LogP contribution is 2.37. The predicted octanol–water partition coefficient (Wildman–Crippen LogP) is 5.64. The van der Waals surface area contributed by atoms with Gasteiger partial charge in [0.1, 0.15) is 9.57 Å². The summed E-state index contributed by atoms with van der Waals surface area (Å²) in [6.07, 6.45) is 0.851. The Labute approximate surface area is 185 Å². The molecule has 0 saturated carbocycles. The summed E-state index contributed by atoms with van der Waals surface area (Å²) in [5.74, 6) is 0.384. The van der Waals surface area contributed by atoms with Gasteiger partial charge in [-0.05, 0) is 35.9 Å². The molecule has 6 heteroatoms. The molecular formula is C23H26N2OS3. The number of phenolic OH excluding ortho intramolecular Hbond substituents is 1. The van der Waals surface area contributed by atoms with Gasteiger partial charge in [0, 0.05) is 50.3 Å². The second kappa shape index (κ2) is 9.49. The maximum absolute atomic E-state index is 10.5. The fourth-order valence-electron chi connectivity index (χ4n) is 3.81. The molecule has 3 aromatic rings. The summed E-state index contributed by atoms with van der Waals surface area (Å²) in [4.78, 5) is 6.15. The minimum absolute atomic E-state index is 0.384. The van der Waals surface area contributed by atoms with Crippen LogP contribution in [0.1, 0.15) is 23.6 Å². The molecule has 0 radical (unpaired) electrons. The molecule has 1 saturated heterocycles. The summed E-state index contributed by atoms with van der Waals surface area (Å²) in [6.45, 7) is 8.42. The van der Waals surface area contributed by atoms with Crippen molar-refractivity contribution in [3.8, 4) is 16.2 Å². The van der Waals surface area contributed by atoms with Crippen molar-refractivity contribution in [2.24, 2.45) is 0 Å². The first-order chi connectivity index (χ1) is 14.1. The van der Waals surface area contributed by atoms with E-state index in [9.17, 15) is 5.11 Å². The Morgan fingerprint density at radius 1 is 0.966 bits per heavy atom. The molecular weight excluding hydrogens is 416 g/mol. The number of likely N-dealkylation sites (N-methyl/N-ethyl adjacent to an activating group) is 1. The first kappa shape index (κ1) is 20.7. The van der Waals surface area contributed by atoms with E-state index in [0.717, 1.165) is 60.6 Å². The van der Waals surface area contributed by atoms with E-state index in [1.165, 1.54) is 16.0 Å². The fourth-order valence-corrected chi connectivity index (χ4v) is 6.72. The van der Waals surface area contributed by atoms with Crippen molar-refractivity contribution < 1.29 is 5.11 Å². The maximum Gasteiger partial charge on any atom is 0.120 e. The summed E-state index contributed by atoms with van der Waals surface area (Å²) < 4.78 is 0.971. The zero-order chi connectivity index (χ0) is 20.2. The molecule has 4 rings (SSSR count). The average molecular weight is 443 g/mol. The van der Waals surface area contributed by atoms with Crippen molar-refractivity contribution in [3.05, 3.63) is 69.0 Å². The number of hydrogen-bond acceptors (Lipinski definition) is 6. The Kier molecular flexibility index (Phi) is 6.77. The number of piperazine rings is 1. The molecule has 1 aromatic heterocycles. The van der Waals surface area contributed by atoms with Gasteiger partial charge in [-0.25, -0.2) is 0 Å². The van der Waals surface area contributed by atoms with Gasteiger partial charge in [0.05, 0.1) is 4.88 Å². The van der Waals surface area contributed by atoms with Gasteiger partial charge in [0.25, 0.3) is 0 Å². The molecule has 29 heavy (non-hydrogen) atoms. The number of phenols is 1. The topological polar surface area (TPSA) is 26.7 Å². The van der Waals surface area contributed by atoms with E-state index >= 15 is 0 Å².